The number of nitrogens with one attached hydrogen (secondary N) is 2. The Kier molecular flexibility index (Phi) is 10.3. The second-order valence-corrected chi connectivity index (χ2v) is 6.61. The van der Waals surface area contributed by atoms with E-state index >= 15 is 0 Å². The van der Waals surface area contributed by atoms with Crippen molar-refractivity contribution in [2.45, 2.75) is 26.2 Å². The maximum atomic E-state index is 11.7. The monoisotopic (exact) mass is 466 g/mol. The van der Waals surface area contributed by atoms with Crippen LogP contribution in [-0.4, -0.2) is 50.5 Å². The third kappa shape index (κ3) is 7.25. The van der Waals surface area contributed by atoms with Gasteiger partial charge in [-0.1, -0.05) is 43.6 Å². The minimum absolute atomic E-state index is 0. The first kappa shape index (κ1) is 23.0. The Labute approximate surface area is 167 Å². The van der Waals surface area contributed by atoms with Gasteiger partial charge in [0.2, 0.25) is 5.91 Å². The second kappa shape index (κ2) is 10.8. The highest BCUT2D eigenvalue weighted by Gasteiger charge is 2.23. The third-order valence-corrected chi connectivity index (χ3v) is 3.85. The number of hydrogen-bond acceptors (Lipinski definition) is 2. The number of guanidine groups is 1. The van der Waals surface area contributed by atoms with Gasteiger partial charge in [0.05, 0.1) is 0 Å². The molecule has 24 heavy (non-hydrogen) atoms. The summed E-state index contributed by atoms with van der Waals surface area (Å²) in [6.07, 6.45) is 0. The van der Waals surface area contributed by atoms with E-state index in [9.17, 15) is 4.79 Å². The Bertz CT molecular complexity index is 561. The molecule has 5 nitrogen and oxygen atoms in total. The molecule has 0 aliphatic heterocycles. The number of nitrogens with zero attached hydrogens (tertiary/aromatic N) is 2. The van der Waals surface area contributed by atoms with Crippen LogP contribution < -0.4 is 10.6 Å². The van der Waals surface area contributed by atoms with Crippen molar-refractivity contribution in [1.82, 2.24) is 15.5 Å². The first-order chi connectivity index (χ1) is 10.8. The molecule has 0 atom stereocenters. The molecule has 1 aromatic carbocycles. The van der Waals surface area contributed by atoms with Gasteiger partial charge in [0.15, 0.2) is 5.96 Å². The van der Waals surface area contributed by atoms with E-state index in [2.05, 4.69) is 29.5 Å². The lowest BCUT2D eigenvalue weighted by Crippen LogP contribution is -2.44. The summed E-state index contributed by atoms with van der Waals surface area (Å²) in [5.74, 6) is 0.593. The van der Waals surface area contributed by atoms with Crippen molar-refractivity contribution < 1.29 is 4.79 Å². The molecule has 1 amide bonds. The van der Waals surface area contributed by atoms with E-state index in [0.29, 0.717) is 12.5 Å². The molecule has 2 N–H and O–H groups in total. The van der Waals surface area contributed by atoms with Crippen LogP contribution >= 0.6 is 35.6 Å². The highest BCUT2D eigenvalue weighted by atomic mass is 127. The van der Waals surface area contributed by atoms with Crippen molar-refractivity contribution in [3.8, 4) is 0 Å². The fourth-order valence-corrected chi connectivity index (χ4v) is 2.43. The minimum atomic E-state index is -0.167. The van der Waals surface area contributed by atoms with Gasteiger partial charge in [-0.15, -0.1) is 24.0 Å². The largest absolute Gasteiger partial charge is 0.357 e. The summed E-state index contributed by atoms with van der Waals surface area (Å²) in [4.78, 5) is 17.5. The number of benzene rings is 1. The molecule has 0 radical (unpaired) electrons. The second-order valence-electron chi connectivity index (χ2n) is 6.20. The summed E-state index contributed by atoms with van der Waals surface area (Å²) < 4.78 is 0. The van der Waals surface area contributed by atoms with Gasteiger partial charge < -0.3 is 15.5 Å². The number of carbonyl (C=O) groups excluding carboxylic acids is 1. The molecule has 0 saturated heterocycles. The van der Waals surface area contributed by atoms with Crippen LogP contribution in [0, 0.1) is 0 Å². The first-order valence-electron chi connectivity index (χ1n) is 7.75. The van der Waals surface area contributed by atoms with Gasteiger partial charge in [-0.25, -0.2) is 4.99 Å². The zero-order chi connectivity index (χ0) is 17.5. The average molecular weight is 467 g/mol. The summed E-state index contributed by atoms with van der Waals surface area (Å²) in [5, 5.41) is 7.19. The van der Waals surface area contributed by atoms with Gasteiger partial charge in [0, 0.05) is 37.6 Å². The van der Waals surface area contributed by atoms with Gasteiger partial charge in [-0.3, -0.25) is 4.79 Å². The van der Waals surface area contributed by atoms with Crippen LogP contribution in [0.1, 0.15) is 26.3 Å². The summed E-state index contributed by atoms with van der Waals surface area (Å²) in [5.41, 5.74) is 0.912. The van der Waals surface area contributed by atoms with E-state index in [-0.39, 0.29) is 41.8 Å². The fraction of sp³-hybridized carbons (Fsp3) is 0.529. The number of halogens is 2. The zero-order valence-corrected chi connectivity index (χ0v) is 18.1. The highest BCUT2D eigenvalue weighted by molar-refractivity contribution is 14.0. The molecule has 7 heteroatoms. The number of rotatable bonds is 6. The van der Waals surface area contributed by atoms with Gasteiger partial charge in [0.1, 0.15) is 6.54 Å². The number of aliphatic imine (C=N–C) groups is 1. The zero-order valence-electron chi connectivity index (χ0n) is 15.0. The van der Waals surface area contributed by atoms with Crippen molar-refractivity contribution in [2.75, 3.05) is 33.7 Å². The molecule has 0 saturated carbocycles. The maximum absolute atomic E-state index is 11.7. The molecule has 0 unspecified atom stereocenters. The molecule has 0 spiro atoms. The number of likely N-dealkylation sites (N-methyl/N-ethyl adjacent to an activating group) is 1. The molecule has 1 rings (SSSR count). The summed E-state index contributed by atoms with van der Waals surface area (Å²) in [6, 6.07) is 7.84. The van der Waals surface area contributed by atoms with Gasteiger partial charge in [0.25, 0.3) is 0 Å². The number of amides is 1. The average Bonchev–Trinajstić information content (AvgIpc) is 2.49. The van der Waals surface area contributed by atoms with Crippen molar-refractivity contribution in [3.63, 3.8) is 0 Å². The van der Waals surface area contributed by atoms with Crippen molar-refractivity contribution in [3.05, 3.63) is 34.9 Å². The Hall–Kier alpha value is -1.02. The van der Waals surface area contributed by atoms with E-state index < -0.39 is 0 Å². The fourth-order valence-electron chi connectivity index (χ4n) is 2.04. The van der Waals surface area contributed by atoms with Gasteiger partial charge in [-0.2, -0.15) is 0 Å². The van der Waals surface area contributed by atoms with Crippen molar-refractivity contribution in [1.29, 1.82) is 0 Å². The predicted molar refractivity (Wildman–Crippen MR) is 113 cm³/mol. The van der Waals surface area contributed by atoms with E-state index in [4.69, 9.17) is 11.6 Å². The number of carbonyl (C=O) groups is 1. The quantitative estimate of drug-likeness (QED) is 0.385. The standard InChI is InChI=1S/C17H27ClN4O.HI/c1-6-19-16(20-11-15(23)22(4)5)21-12-17(2,3)13-9-7-8-10-14(13)18;/h7-10H,6,11-12H2,1-5H3,(H2,19,20,21);1H. The van der Waals surface area contributed by atoms with Crippen LogP contribution in [0.15, 0.2) is 29.3 Å². The minimum Gasteiger partial charge on any atom is -0.357 e. The Morgan fingerprint density at radius 3 is 2.42 bits per heavy atom. The molecular weight excluding hydrogens is 439 g/mol. The lowest BCUT2D eigenvalue weighted by Gasteiger charge is -2.27. The Morgan fingerprint density at radius 1 is 1.25 bits per heavy atom. The molecule has 1 aromatic rings. The molecule has 0 aromatic heterocycles. The normalized spacial score (nSPS) is 11.5. The van der Waals surface area contributed by atoms with E-state index in [1.807, 2.05) is 31.2 Å². The van der Waals surface area contributed by atoms with E-state index in [1.165, 1.54) is 4.90 Å². The maximum Gasteiger partial charge on any atom is 0.243 e. The van der Waals surface area contributed by atoms with Gasteiger partial charge in [-0.05, 0) is 18.6 Å². The first-order valence-corrected chi connectivity index (χ1v) is 8.13. The summed E-state index contributed by atoms with van der Waals surface area (Å²) in [6.45, 7) is 7.73. The molecular formula is C17H28ClIN4O. The number of hydrogen-bond donors (Lipinski definition) is 2. The molecule has 0 bridgehead atoms. The lowest BCUT2D eigenvalue weighted by atomic mass is 9.84. The summed E-state index contributed by atoms with van der Waals surface area (Å²) >= 11 is 6.30. The summed E-state index contributed by atoms with van der Waals surface area (Å²) in [7, 11) is 3.44. The molecule has 0 heterocycles. The topological polar surface area (TPSA) is 56.7 Å². The molecule has 0 fully saturated rings. The molecule has 136 valence electrons. The molecule has 0 aliphatic rings. The van der Waals surface area contributed by atoms with Crippen LogP contribution in [0.2, 0.25) is 5.02 Å². The van der Waals surface area contributed by atoms with Gasteiger partial charge >= 0.3 is 0 Å². The predicted octanol–water partition coefficient (Wildman–Crippen LogP) is 2.88. The van der Waals surface area contributed by atoms with E-state index in [1.54, 1.807) is 14.1 Å². The van der Waals surface area contributed by atoms with E-state index in [0.717, 1.165) is 17.1 Å². The van der Waals surface area contributed by atoms with Crippen LogP contribution in [0.5, 0.6) is 0 Å². The Balaban J connectivity index is 0.00000529. The van der Waals surface area contributed by atoms with Crippen molar-refractivity contribution >= 4 is 47.4 Å². The Morgan fingerprint density at radius 2 is 1.88 bits per heavy atom. The van der Waals surface area contributed by atoms with Crippen LogP contribution in [0.4, 0.5) is 0 Å². The van der Waals surface area contributed by atoms with Crippen molar-refractivity contribution in [2.24, 2.45) is 4.99 Å². The van der Waals surface area contributed by atoms with Crippen LogP contribution in [0.25, 0.3) is 0 Å². The third-order valence-electron chi connectivity index (χ3n) is 3.52. The van der Waals surface area contributed by atoms with Crippen LogP contribution in [0.3, 0.4) is 0 Å². The smallest absolute Gasteiger partial charge is 0.243 e. The SMILES string of the molecule is CCNC(=NCC(=O)N(C)C)NCC(C)(C)c1ccccc1Cl.I. The lowest BCUT2D eigenvalue weighted by molar-refractivity contribution is -0.127. The van der Waals surface area contributed by atoms with Crippen LogP contribution in [-0.2, 0) is 10.2 Å². The molecule has 0 aliphatic carbocycles. The highest BCUT2D eigenvalue weighted by Crippen LogP contribution is 2.28.